The fraction of sp³-hybridized carbons (Fsp3) is 0.0769. The summed E-state index contributed by atoms with van der Waals surface area (Å²) >= 11 is 0. The Morgan fingerprint density at radius 2 is 2.16 bits per heavy atom. The summed E-state index contributed by atoms with van der Waals surface area (Å²) in [6, 6.07) is 5.78. The Balaban J connectivity index is 2.59. The van der Waals surface area contributed by atoms with Crippen LogP contribution in [0.1, 0.15) is 6.92 Å². The Labute approximate surface area is 108 Å². The summed E-state index contributed by atoms with van der Waals surface area (Å²) in [5.74, 6) is -0.421. The van der Waals surface area contributed by atoms with Crippen molar-refractivity contribution in [2.45, 2.75) is 6.92 Å². The van der Waals surface area contributed by atoms with E-state index in [0.717, 1.165) is 0 Å². The molecule has 0 saturated carbocycles. The minimum atomic E-state index is -0.596. The van der Waals surface area contributed by atoms with Gasteiger partial charge in [0.25, 0.3) is 5.69 Å². The molecular weight excluding hydrogens is 248 g/mol. The van der Waals surface area contributed by atoms with E-state index in [1.165, 1.54) is 25.3 Å². The molecule has 1 aromatic heterocycles. The van der Waals surface area contributed by atoms with E-state index in [1.54, 1.807) is 12.1 Å². The third-order valence-electron chi connectivity index (χ3n) is 2.46. The Bertz CT molecular complexity index is 694. The fourth-order valence-corrected chi connectivity index (χ4v) is 1.56. The Hall–Kier alpha value is -2.76. The molecule has 96 valence electrons. The Kier molecular flexibility index (Phi) is 3.24. The lowest BCUT2D eigenvalue weighted by atomic mass is 10.1. The van der Waals surface area contributed by atoms with Crippen LogP contribution in [-0.2, 0) is 4.79 Å². The van der Waals surface area contributed by atoms with Crippen molar-refractivity contribution in [3.8, 4) is 5.75 Å². The first kappa shape index (κ1) is 12.7. The molecule has 0 aliphatic carbocycles. The highest BCUT2D eigenvalue weighted by atomic mass is 16.6. The van der Waals surface area contributed by atoms with E-state index in [2.05, 4.69) is 11.6 Å². The molecule has 0 aliphatic heterocycles. The number of nitro benzene ring substituents is 1. The van der Waals surface area contributed by atoms with Gasteiger partial charge in [-0.05, 0) is 25.1 Å². The average molecular weight is 258 g/mol. The lowest BCUT2D eigenvalue weighted by Crippen LogP contribution is -2.09. The first-order valence-corrected chi connectivity index (χ1v) is 5.40. The SMILES string of the molecule is C=C(C)C(=O)Oc1ccc([N+](=O)[O-])c2cccnc12. The van der Waals surface area contributed by atoms with Crippen molar-refractivity contribution in [3.05, 3.63) is 52.7 Å². The number of carbonyl (C=O) groups excluding carboxylic acids is 1. The number of benzene rings is 1. The second kappa shape index (κ2) is 4.85. The smallest absolute Gasteiger partial charge is 0.338 e. The van der Waals surface area contributed by atoms with E-state index < -0.39 is 10.9 Å². The van der Waals surface area contributed by atoms with Crippen LogP contribution in [0.4, 0.5) is 5.69 Å². The van der Waals surface area contributed by atoms with Crippen molar-refractivity contribution in [2.75, 3.05) is 0 Å². The van der Waals surface area contributed by atoms with Gasteiger partial charge in [0.15, 0.2) is 5.75 Å². The molecule has 0 aliphatic rings. The van der Waals surface area contributed by atoms with Crippen molar-refractivity contribution >= 4 is 22.6 Å². The number of hydrogen-bond acceptors (Lipinski definition) is 5. The third kappa shape index (κ3) is 2.42. The second-order valence-electron chi connectivity index (χ2n) is 3.91. The van der Waals surface area contributed by atoms with Crippen LogP contribution >= 0.6 is 0 Å². The molecule has 0 radical (unpaired) electrons. The van der Waals surface area contributed by atoms with Crippen molar-refractivity contribution in [2.24, 2.45) is 0 Å². The van der Waals surface area contributed by atoms with Crippen LogP contribution in [0.15, 0.2) is 42.6 Å². The zero-order valence-corrected chi connectivity index (χ0v) is 10.1. The van der Waals surface area contributed by atoms with Gasteiger partial charge in [-0.1, -0.05) is 6.58 Å². The number of nitrogens with zero attached hydrogens (tertiary/aromatic N) is 2. The third-order valence-corrected chi connectivity index (χ3v) is 2.46. The maximum atomic E-state index is 11.5. The average Bonchev–Trinajstić information content (AvgIpc) is 2.38. The number of esters is 1. The molecule has 0 unspecified atom stereocenters. The van der Waals surface area contributed by atoms with Gasteiger partial charge >= 0.3 is 5.97 Å². The molecular formula is C13H10N2O4. The maximum Gasteiger partial charge on any atom is 0.338 e. The van der Waals surface area contributed by atoms with Gasteiger partial charge in [-0.3, -0.25) is 15.1 Å². The predicted molar refractivity (Wildman–Crippen MR) is 68.8 cm³/mol. The number of rotatable bonds is 3. The van der Waals surface area contributed by atoms with Crippen molar-refractivity contribution < 1.29 is 14.5 Å². The van der Waals surface area contributed by atoms with Gasteiger partial charge in [0, 0.05) is 17.8 Å². The number of fused-ring (bicyclic) bond motifs is 1. The molecule has 0 fully saturated rings. The molecule has 0 spiro atoms. The highest BCUT2D eigenvalue weighted by molar-refractivity contribution is 5.96. The normalized spacial score (nSPS) is 10.2. The van der Waals surface area contributed by atoms with Crippen LogP contribution in [0.5, 0.6) is 5.75 Å². The van der Waals surface area contributed by atoms with Crippen LogP contribution in [0.2, 0.25) is 0 Å². The van der Waals surface area contributed by atoms with Gasteiger partial charge in [-0.25, -0.2) is 4.79 Å². The molecule has 0 N–H and O–H groups in total. The van der Waals surface area contributed by atoms with E-state index >= 15 is 0 Å². The molecule has 0 atom stereocenters. The first-order chi connectivity index (χ1) is 9.00. The Morgan fingerprint density at radius 1 is 1.42 bits per heavy atom. The van der Waals surface area contributed by atoms with Gasteiger partial charge in [0.05, 0.1) is 10.3 Å². The van der Waals surface area contributed by atoms with Gasteiger partial charge < -0.3 is 4.74 Å². The minimum absolute atomic E-state index is 0.0850. The minimum Gasteiger partial charge on any atom is -0.421 e. The molecule has 6 heteroatoms. The quantitative estimate of drug-likeness (QED) is 0.278. The molecule has 1 heterocycles. The van der Waals surface area contributed by atoms with Gasteiger partial charge in [-0.2, -0.15) is 0 Å². The first-order valence-electron chi connectivity index (χ1n) is 5.40. The maximum absolute atomic E-state index is 11.5. The van der Waals surface area contributed by atoms with Crippen LogP contribution in [-0.4, -0.2) is 15.9 Å². The summed E-state index contributed by atoms with van der Waals surface area (Å²) < 4.78 is 5.10. The standard InChI is InChI=1S/C13H10N2O4/c1-8(2)13(16)19-11-6-5-10(15(17)18)9-4-3-7-14-12(9)11/h3-7H,1H2,2H3. The zero-order chi connectivity index (χ0) is 14.0. The molecule has 0 bridgehead atoms. The summed E-state index contributed by atoms with van der Waals surface area (Å²) in [5, 5.41) is 11.2. The second-order valence-corrected chi connectivity index (χ2v) is 3.91. The summed E-state index contributed by atoms with van der Waals surface area (Å²) in [6.45, 7) is 4.99. The topological polar surface area (TPSA) is 82.3 Å². The molecule has 19 heavy (non-hydrogen) atoms. The van der Waals surface area contributed by atoms with E-state index in [4.69, 9.17) is 4.74 Å². The lowest BCUT2D eigenvalue weighted by molar-refractivity contribution is -0.383. The van der Waals surface area contributed by atoms with E-state index in [9.17, 15) is 14.9 Å². The summed E-state index contributed by atoms with van der Waals surface area (Å²) in [6.07, 6.45) is 1.48. The van der Waals surface area contributed by atoms with Gasteiger partial charge in [0.1, 0.15) is 5.52 Å². The van der Waals surface area contributed by atoms with Crippen LogP contribution in [0, 0.1) is 10.1 Å². The highest BCUT2D eigenvalue weighted by Gasteiger charge is 2.17. The van der Waals surface area contributed by atoms with Crippen LogP contribution in [0.3, 0.4) is 0 Å². The fourth-order valence-electron chi connectivity index (χ4n) is 1.56. The monoisotopic (exact) mass is 258 g/mol. The molecule has 0 amide bonds. The van der Waals surface area contributed by atoms with Crippen molar-refractivity contribution in [3.63, 3.8) is 0 Å². The molecule has 1 aromatic carbocycles. The molecule has 2 aromatic rings. The Morgan fingerprint density at radius 3 is 2.79 bits per heavy atom. The van der Waals surface area contributed by atoms with Crippen molar-refractivity contribution in [1.82, 2.24) is 4.98 Å². The van der Waals surface area contributed by atoms with E-state index in [1.807, 2.05) is 0 Å². The molecule has 6 nitrogen and oxygen atoms in total. The number of non-ortho nitro benzene ring substituents is 1. The van der Waals surface area contributed by atoms with Crippen molar-refractivity contribution in [1.29, 1.82) is 0 Å². The number of aromatic nitrogens is 1. The number of hydrogen-bond donors (Lipinski definition) is 0. The summed E-state index contributed by atoms with van der Waals surface area (Å²) in [7, 11) is 0. The van der Waals surface area contributed by atoms with E-state index in [-0.39, 0.29) is 22.5 Å². The van der Waals surface area contributed by atoms with Gasteiger partial charge in [0.2, 0.25) is 0 Å². The largest absolute Gasteiger partial charge is 0.421 e. The molecule has 2 rings (SSSR count). The van der Waals surface area contributed by atoms with Crippen LogP contribution < -0.4 is 4.74 Å². The van der Waals surface area contributed by atoms with Crippen LogP contribution in [0.25, 0.3) is 10.9 Å². The molecule has 0 saturated heterocycles. The summed E-state index contributed by atoms with van der Waals surface area (Å²) in [4.78, 5) is 25.9. The summed E-state index contributed by atoms with van der Waals surface area (Å²) in [5.41, 5.74) is 0.423. The number of nitro groups is 1. The number of pyridine rings is 1. The zero-order valence-electron chi connectivity index (χ0n) is 10.1. The van der Waals surface area contributed by atoms with E-state index in [0.29, 0.717) is 5.39 Å². The number of ether oxygens (including phenoxy) is 1. The highest BCUT2D eigenvalue weighted by Crippen LogP contribution is 2.31. The predicted octanol–water partition coefficient (Wildman–Crippen LogP) is 2.62. The van der Waals surface area contributed by atoms with Gasteiger partial charge in [-0.15, -0.1) is 0 Å². The lowest BCUT2D eigenvalue weighted by Gasteiger charge is -2.06. The number of carbonyl (C=O) groups is 1.